The van der Waals surface area contributed by atoms with Crippen LogP contribution in [0.4, 0.5) is 0 Å². The largest absolute Gasteiger partial charge is 0.338 e. The van der Waals surface area contributed by atoms with E-state index in [2.05, 4.69) is 53.4 Å². The molecule has 2 amide bonds. The average molecular weight is 505 g/mol. The van der Waals surface area contributed by atoms with E-state index in [9.17, 15) is 9.59 Å². The molecule has 1 saturated carbocycles. The molecule has 7 rings (SSSR count). The van der Waals surface area contributed by atoms with Crippen LogP contribution in [0.3, 0.4) is 0 Å². The normalized spacial score (nSPS) is 18.3. The predicted molar refractivity (Wildman–Crippen MR) is 145 cm³/mol. The number of rotatable bonds is 5. The number of carbonyl (C=O) groups excluding carboxylic acids is 2. The third-order valence-corrected chi connectivity index (χ3v) is 8.08. The van der Waals surface area contributed by atoms with Gasteiger partial charge >= 0.3 is 0 Å². The van der Waals surface area contributed by atoms with Crippen molar-refractivity contribution < 1.29 is 9.59 Å². The summed E-state index contributed by atoms with van der Waals surface area (Å²) in [6.07, 6.45) is 6.77. The van der Waals surface area contributed by atoms with Gasteiger partial charge in [0.25, 0.3) is 11.8 Å². The van der Waals surface area contributed by atoms with Crippen molar-refractivity contribution in [1.82, 2.24) is 24.6 Å². The number of amides is 2. The van der Waals surface area contributed by atoms with Crippen molar-refractivity contribution in [2.45, 2.75) is 25.3 Å². The van der Waals surface area contributed by atoms with Crippen LogP contribution < -0.4 is 0 Å². The van der Waals surface area contributed by atoms with Crippen LogP contribution in [0.2, 0.25) is 0 Å². The molecule has 190 valence electrons. The Labute approximate surface area is 220 Å². The van der Waals surface area contributed by atoms with Crippen LogP contribution in [0.1, 0.15) is 34.3 Å². The zero-order chi connectivity index (χ0) is 26.0. The molecule has 2 aliphatic heterocycles. The molecule has 0 atom stereocenters. The topological polar surface area (TPSA) is 83.7 Å². The molecular formula is C30H28N6O2. The van der Waals surface area contributed by atoms with E-state index in [1.807, 2.05) is 27.7 Å². The number of amidine groups is 1. The predicted octanol–water partition coefficient (Wildman–Crippen LogP) is 3.84. The highest BCUT2D eigenvalue weighted by atomic mass is 16.2. The van der Waals surface area contributed by atoms with Gasteiger partial charge in [0.05, 0.1) is 17.3 Å². The lowest BCUT2D eigenvalue weighted by Crippen LogP contribution is -2.55. The van der Waals surface area contributed by atoms with Crippen LogP contribution in [0.15, 0.2) is 72.1 Å². The third kappa shape index (κ3) is 3.62. The molecule has 0 bridgehead atoms. The quantitative estimate of drug-likeness (QED) is 0.414. The standard InChI is InChI=1S/C30H28N6O2/c1-19-12-21(22-6-8-26-24(13-22)15-32-34(26)2)5-7-25(19)27-33-30(9-10-30)29(38)36(27)18-20-16-35(17-20)28(37)23-4-3-11-31-14-23/h3-8,11-15,20H,9-10,16-18H2,1-2H3. The minimum Gasteiger partial charge on any atom is -0.338 e. The van der Waals surface area contributed by atoms with Gasteiger partial charge in [0.1, 0.15) is 11.4 Å². The van der Waals surface area contributed by atoms with Crippen molar-refractivity contribution in [3.05, 3.63) is 83.8 Å². The second-order valence-corrected chi connectivity index (χ2v) is 10.8. The first-order chi connectivity index (χ1) is 18.4. The van der Waals surface area contributed by atoms with Gasteiger partial charge in [0.2, 0.25) is 0 Å². The van der Waals surface area contributed by atoms with Crippen LogP contribution in [-0.2, 0) is 11.8 Å². The number of hydrogen-bond donors (Lipinski definition) is 0. The number of hydrogen-bond acceptors (Lipinski definition) is 5. The number of pyridine rings is 1. The minimum atomic E-state index is -0.569. The van der Waals surface area contributed by atoms with Crippen LogP contribution in [0.25, 0.3) is 22.0 Å². The maximum absolute atomic E-state index is 13.4. The van der Waals surface area contributed by atoms with Crippen LogP contribution in [0.5, 0.6) is 0 Å². The summed E-state index contributed by atoms with van der Waals surface area (Å²) in [6, 6.07) is 16.3. The Morgan fingerprint density at radius 3 is 2.58 bits per heavy atom. The van der Waals surface area contributed by atoms with Gasteiger partial charge in [0.15, 0.2) is 0 Å². The second kappa shape index (κ2) is 8.34. The van der Waals surface area contributed by atoms with Gasteiger partial charge in [-0.2, -0.15) is 5.10 Å². The fourth-order valence-corrected chi connectivity index (χ4v) is 5.70. The molecular weight excluding hydrogens is 476 g/mol. The highest BCUT2D eigenvalue weighted by Crippen LogP contribution is 2.46. The molecule has 2 aromatic heterocycles. The summed E-state index contributed by atoms with van der Waals surface area (Å²) < 4.78 is 1.88. The molecule has 0 N–H and O–H groups in total. The zero-order valence-electron chi connectivity index (χ0n) is 21.5. The molecule has 38 heavy (non-hydrogen) atoms. The van der Waals surface area contributed by atoms with E-state index >= 15 is 0 Å². The summed E-state index contributed by atoms with van der Waals surface area (Å²) in [4.78, 5) is 38.9. The molecule has 4 heterocycles. The number of nitrogens with zero attached hydrogens (tertiary/aromatic N) is 6. The first-order valence-electron chi connectivity index (χ1n) is 13.1. The summed E-state index contributed by atoms with van der Waals surface area (Å²) in [5.74, 6) is 1.10. The van der Waals surface area contributed by atoms with E-state index in [4.69, 9.17) is 4.99 Å². The van der Waals surface area contributed by atoms with Gasteiger partial charge in [-0.05, 0) is 60.7 Å². The fourth-order valence-electron chi connectivity index (χ4n) is 5.70. The molecule has 2 fully saturated rings. The molecule has 1 spiro atoms. The zero-order valence-corrected chi connectivity index (χ0v) is 21.5. The van der Waals surface area contributed by atoms with Crippen molar-refractivity contribution in [3.63, 3.8) is 0 Å². The lowest BCUT2D eigenvalue weighted by molar-refractivity contribution is -0.129. The molecule has 2 aromatic carbocycles. The maximum atomic E-state index is 13.4. The molecule has 8 heteroatoms. The number of aromatic nitrogens is 3. The first-order valence-corrected chi connectivity index (χ1v) is 13.1. The van der Waals surface area contributed by atoms with Crippen LogP contribution in [0, 0.1) is 12.8 Å². The van der Waals surface area contributed by atoms with Crippen molar-refractivity contribution >= 4 is 28.6 Å². The van der Waals surface area contributed by atoms with Crippen molar-refractivity contribution in [2.75, 3.05) is 19.6 Å². The number of aliphatic imine (C=N–C) groups is 1. The van der Waals surface area contributed by atoms with Gasteiger partial charge in [-0.25, -0.2) is 0 Å². The summed E-state index contributed by atoms with van der Waals surface area (Å²) in [5.41, 5.74) is 5.47. The Morgan fingerprint density at radius 1 is 1.05 bits per heavy atom. The smallest absolute Gasteiger partial charge is 0.256 e. The Bertz CT molecular complexity index is 1630. The number of fused-ring (bicyclic) bond motifs is 1. The molecule has 1 saturated heterocycles. The van der Waals surface area contributed by atoms with E-state index in [1.54, 1.807) is 24.5 Å². The summed E-state index contributed by atoms with van der Waals surface area (Å²) >= 11 is 0. The summed E-state index contributed by atoms with van der Waals surface area (Å²) in [6.45, 7) is 3.93. The van der Waals surface area contributed by atoms with E-state index in [0.29, 0.717) is 25.2 Å². The van der Waals surface area contributed by atoms with Crippen molar-refractivity contribution in [3.8, 4) is 11.1 Å². The van der Waals surface area contributed by atoms with Crippen molar-refractivity contribution in [1.29, 1.82) is 0 Å². The molecule has 0 radical (unpaired) electrons. The Kier molecular flexibility index (Phi) is 5.01. The van der Waals surface area contributed by atoms with Gasteiger partial charge in [-0.3, -0.25) is 29.1 Å². The van der Waals surface area contributed by atoms with Crippen LogP contribution in [-0.4, -0.2) is 67.4 Å². The number of carbonyl (C=O) groups is 2. The highest BCUT2D eigenvalue weighted by molar-refractivity contribution is 6.17. The Balaban J connectivity index is 1.11. The fraction of sp³-hybridized carbons (Fsp3) is 0.300. The lowest BCUT2D eigenvalue weighted by atomic mass is 9.96. The number of likely N-dealkylation sites (tertiary alicyclic amines) is 1. The number of aryl methyl sites for hydroxylation is 2. The SMILES string of the molecule is Cc1cc(-c2ccc3c(cnn3C)c2)ccc1C1=NC2(CC2)C(=O)N1CC1CN(C(=O)c2cccnc2)C1. The van der Waals surface area contributed by atoms with E-state index in [-0.39, 0.29) is 17.7 Å². The monoisotopic (exact) mass is 504 g/mol. The molecule has 1 aliphatic carbocycles. The molecule has 0 unspecified atom stereocenters. The van der Waals surface area contributed by atoms with E-state index in [0.717, 1.165) is 51.8 Å². The van der Waals surface area contributed by atoms with Crippen molar-refractivity contribution in [2.24, 2.45) is 18.0 Å². The highest BCUT2D eigenvalue weighted by Gasteiger charge is 2.58. The van der Waals surface area contributed by atoms with Gasteiger partial charge in [-0.15, -0.1) is 0 Å². The Morgan fingerprint density at radius 2 is 1.84 bits per heavy atom. The Hall–Kier alpha value is -4.33. The number of benzene rings is 2. The molecule has 4 aromatic rings. The van der Waals surface area contributed by atoms with Gasteiger partial charge in [0, 0.05) is 55.9 Å². The van der Waals surface area contributed by atoms with E-state index in [1.165, 1.54) is 0 Å². The third-order valence-electron chi connectivity index (χ3n) is 8.08. The van der Waals surface area contributed by atoms with Gasteiger partial charge in [-0.1, -0.05) is 24.3 Å². The maximum Gasteiger partial charge on any atom is 0.256 e. The van der Waals surface area contributed by atoms with Gasteiger partial charge < -0.3 is 4.90 Å². The minimum absolute atomic E-state index is 0.00874. The first kappa shape index (κ1) is 22.8. The summed E-state index contributed by atoms with van der Waals surface area (Å²) in [5, 5.41) is 5.46. The van der Waals surface area contributed by atoms with E-state index < -0.39 is 5.54 Å². The average Bonchev–Trinajstić information content (AvgIpc) is 3.54. The molecule has 3 aliphatic rings. The molecule has 8 nitrogen and oxygen atoms in total. The lowest BCUT2D eigenvalue weighted by Gasteiger charge is -2.41. The van der Waals surface area contributed by atoms with Crippen LogP contribution >= 0.6 is 0 Å². The summed E-state index contributed by atoms with van der Waals surface area (Å²) in [7, 11) is 1.95. The second-order valence-electron chi connectivity index (χ2n) is 10.8.